The lowest BCUT2D eigenvalue weighted by molar-refractivity contribution is -0.120. The number of phenols is 2. The monoisotopic (exact) mass is 318 g/mol. The van der Waals surface area contributed by atoms with Crippen LogP contribution in [0.15, 0.2) is 23.6 Å². The first-order chi connectivity index (χ1) is 10.6. The predicted octanol–water partition coefficient (Wildman–Crippen LogP) is 3.74. The summed E-state index contributed by atoms with van der Waals surface area (Å²) in [7, 11) is 0. The van der Waals surface area contributed by atoms with Crippen LogP contribution in [0.5, 0.6) is 11.5 Å². The lowest BCUT2D eigenvalue weighted by Crippen LogP contribution is -2.24. The molecule has 1 aliphatic rings. The van der Waals surface area contributed by atoms with Gasteiger partial charge in [-0.3, -0.25) is 4.79 Å². The minimum atomic E-state index is -0.0320. The van der Waals surface area contributed by atoms with Crippen LogP contribution in [0.4, 0.5) is 5.13 Å². The van der Waals surface area contributed by atoms with Gasteiger partial charge in [-0.15, -0.1) is 11.3 Å². The molecule has 1 aromatic carbocycles. The van der Waals surface area contributed by atoms with Crippen molar-refractivity contribution in [2.24, 2.45) is 5.92 Å². The second kappa shape index (κ2) is 6.36. The van der Waals surface area contributed by atoms with Crippen LogP contribution in [-0.2, 0) is 4.79 Å². The van der Waals surface area contributed by atoms with Gasteiger partial charge in [0.2, 0.25) is 5.91 Å². The molecule has 0 bridgehead atoms. The van der Waals surface area contributed by atoms with Gasteiger partial charge in [-0.25, -0.2) is 4.98 Å². The van der Waals surface area contributed by atoms with E-state index in [2.05, 4.69) is 10.3 Å². The topological polar surface area (TPSA) is 82.5 Å². The number of anilines is 1. The lowest BCUT2D eigenvalue weighted by Gasteiger charge is -2.19. The molecule has 1 fully saturated rings. The lowest BCUT2D eigenvalue weighted by atomic mass is 9.89. The largest absolute Gasteiger partial charge is 0.508 e. The molecule has 0 spiro atoms. The van der Waals surface area contributed by atoms with Crippen LogP contribution >= 0.6 is 11.3 Å². The van der Waals surface area contributed by atoms with Gasteiger partial charge in [-0.05, 0) is 25.0 Å². The fourth-order valence-electron chi connectivity index (χ4n) is 2.76. The number of nitrogens with zero attached hydrogens (tertiary/aromatic N) is 1. The van der Waals surface area contributed by atoms with Crippen LogP contribution in [0.25, 0.3) is 11.3 Å². The van der Waals surface area contributed by atoms with Crippen molar-refractivity contribution in [3.63, 3.8) is 0 Å². The predicted molar refractivity (Wildman–Crippen MR) is 86.1 cm³/mol. The Hall–Kier alpha value is -2.08. The molecule has 1 aromatic heterocycles. The SMILES string of the molecule is O=C(Nc1nc(-c2ccc(O)cc2O)cs1)C1CCCCC1. The highest BCUT2D eigenvalue weighted by Gasteiger charge is 2.22. The zero-order chi connectivity index (χ0) is 15.5. The van der Waals surface area contributed by atoms with Gasteiger partial charge in [0.05, 0.1) is 5.69 Å². The second-order valence-corrected chi connectivity index (χ2v) is 6.42. The summed E-state index contributed by atoms with van der Waals surface area (Å²) >= 11 is 1.33. The highest BCUT2D eigenvalue weighted by molar-refractivity contribution is 7.14. The fourth-order valence-corrected chi connectivity index (χ4v) is 3.48. The number of aromatic hydroxyl groups is 2. The van der Waals surface area contributed by atoms with Crippen LogP contribution < -0.4 is 5.32 Å². The first-order valence-electron chi connectivity index (χ1n) is 7.42. The molecular weight excluding hydrogens is 300 g/mol. The molecule has 1 saturated carbocycles. The Balaban J connectivity index is 1.72. The number of carbonyl (C=O) groups excluding carboxylic acids is 1. The fraction of sp³-hybridized carbons (Fsp3) is 0.375. The molecule has 0 saturated heterocycles. The van der Waals surface area contributed by atoms with E-state index in [4.69, 9.17) is 0 Å². The summed E-state index contributed by atoms with van der Waals surface area (Å²) in [6, 6.07) is 4.37. The third kappa shape index (κ3) is 3.22. The van der Waals surface area contributed by atoms with Gasteiger partial charge in [0.1, 0.15) is 11.5 Å². The number of thiazole rings is 1. The average Bonchev–Trinajstić information content (AvgIpc) is 2.96. The molecule has 6 heteroatoms. The number of nitrogens with one attached hydrogen (secondary N) is 1. The zero-order valence-corrected chi connectivity index (χ0v) is 12.9. The van der Waals surface area contributed by atoms with Crippen LogP contribution in [0, 0.1) is 5.92 Å². The van der Waals surface area contributed by atoms with Gasteiger partial charge in [0, 0.05) is 22.9 Å². The van der Waals surface area contributed by atoms with Crippen molar-refractivity contribution in [3.8, 4) is 22.8 Å². The van der Waals surface area contributed by atoms with Crippen LogP contribution in [-0.4, -0.2) is 21.1 Å². The highest BCUT2D eigenvalue weighted by atomic mass is 32.1. The van der Waals surface area contributed by atoms with E-state index in [-0.39, 0.29) is 23.3 Å². The summed E-state index contributed by atoms with van der Waals surface area (Å²) in [6.07, 6.45) is 5.34. The molecular formula is C16H18N2O3S. The molecule has 0 aliphatic heterocycles. The minimum absolute atomic E-state index is 0.00213. The summed E-state index contributed by atoms with van der Waals surface area (Å²) in [6.45, 7) is 0. The number of rotatable bonds is 3. The number of aromatic nitrogens is 1. The van der Waals surface area contributed by atoms with Gasteiger partial charge in [0.25, 0.3) is 0 Å². The summed E-state index contributed by atoms with van der Waals surface area (Å²) in [5.74, 6) is 0.0939. The number of amides is 1. The summed E-state index contributed by atoms with van der Waals surface area (Å²) in [5, 5.41) is 24.4. The Morgan fingerprint density at radius 1 is 1.23 bits per heavy atom. The third-order valence-corrected chi connectivity index (χ3v) is 4.73. The molecule has 5 nitrogen and oxygen atoms in total. The number of hydrogen-bond donors (Lipinski definition) is 3. The molecule has 2 aromatic rings. The first-order valence-corrected chi connectivity index (χ1v) is 8.30. The maximum Gasteiger partial charge on any atom is 0.229 e. The van der Waals surface area contributed by atoms with E-state index in [1.54, 1.807) is 11.4 Å². The van der Waals surface area contributed by atoms with Crippen LogP contribution in [0.3, 0.4) is 0 Å². The maximum absolute atomic E-state index is 12.2. The quantitative estimate of drug-likeness (QED) is 0.805. The zero-order valence-electron chi connectivity index (χ0n) is 12.1. The summed E-state index contributed by atoms with van der Waals surface area (Å²) in [4.78, 5) is 16.5. The summed E-state index contributed by atoms with van der Waals surface area (Å²) < 4.78 is 0. The van der Waals surface area contributed by atoms with E-state index in [0.29, 0.717) is 16.4 Å². The molecule has 1 heterocycles. The molecule has 116 valence electrons. The Labute approximate surface area is 132 Å². The molecule has 1 aliphatic carbocycles. The van der Waals surface area contributed by atoms with Crippen molar-refractivity contribution in [2.75, 3.05) is 5.32 Å². The van der Waals surface area contributed by atoms with E-state index in [1.807, 2.05) is 0 Å². The van der Waals surface area contributed by atoms with Gasteiger partial charge in [-0.2, -0.15) is 0 Å². The molecule has 0 radical (unpaired) electrons. The van der Waals surface area contributed by atoms with Gasteiger partial charge >= 0.3 is 0 Å². The average molecular weight is 318 g/mol. The smallest absolute Gasteiger partial charge is 0.229 e. The minimum Gasteiger partial charge on any atom is -0.508 e. The van der Waals surface area contributed by atoms with E-state index < -0.39 is 0 Å². The maximum atomic E-state index is 12.2. The Bertz CT molecular complexity index is 678. The molecule has 3 rings (SSSR count). The number of carbonyl (C=O) groups is 1. The number of phenolic OH excluding ortho intramolecular Hbond substituents is 2. The van der Waals surface area contributed by atoms with Crippen LogP contribution in [0.2, 0.25) is 0 Å². The normalized spacial score (nSPS) is 15.6. The molecule has 22 heavy (non-hydrogen) atoms. The van der Waals surface area contributed by atoms with E-state index in [1.165, 1.54) is 29.9 Å². The van der Waals surface area contributed by atoms with Crippen molar-refractivity contribution in [1.29, 1.82) is 0 Å². The Morgan fingerprint density at radius 3 is 2.73 bits per heavy atom. The van der Waals surface area contributed by atoms with Crippen molar-refractivity contribution < 1.29 is 15.0 Å². The van der Waals surface area contributed by atoms with Gasteiger partial charge in [-0.1, -0.05) is 19.3 Å². The molecule has 0 unspecified atom stereocenters. The number of hydrogen-bond acceptors (Lipinski definition) is 5. The second-order valence-electron chi connectivity index (χ2n) is 5.56. The van der Waals surface area contributed by atoms with Crippen molar-refractivity contribution in [3.05, 3.63) is 23.6 Å². The van der Waals surface area contributed by atoms with Gasteiger partial charge < -0.3 is 15.5 Å². The van der Waals surface area contributed by atoms with E-state index in [0.717, 1.165) is 25.7 Å². The van der Waals surface area contributed by atoms with Crippen molar-refractivity contribution in [1.82, 2.24) is 4.98 Å². The first kappa shape index (κ1) is 14.8. The van der Waals surface area contributed by atoms with E-state index in [9.17, 15) is 15.0 Å². The van der Waals surface area contributed by atoms with E-state index >= 15 is 0 Å². The van der Waals surface area contributed by atoms with Gasteiger partial charge in [0.15, 0.2) is 5.13 Å². The third-order valence-electron chi connectivity index (χ3n) is 3.97. The molecule has 0 atom stereocenters. The Morgan fingerprint density at radius 2 is 2.00 bits per heavy atom. The van der Waals surface area contributed by atoms with Crippen LogP contribution in [0.1, 0.15) is 32.1 Å². The summed E-state index contributed by atoms with van der Waals surface area (Å²) in [5.41, 5.74) is 1.12. The molecule has 3 N–H and O–H groups in total. The van der Waals surface area contributed by atoms with Crippen molar-refractivity contribution >= 4 is 22.4 Å². The standard InChI is InChI=1S/C16H18N2O3S/c19-11-6-7-12(14(20)8-11)13-9-22-16(17-13)18-15(21)10-4-2-1-3-5-10/h6-10,19-20H,1-5H2,(H,17,18,21). The van der Waals surface area contributed by atoms with Crippen molar-refractivity contribution in [2.45, 2.75) is 32.1 Å². The number of benzene rings is 1. The Kier molecular flexibility index (Phi) is 4.29. The molecule has 1 amide bonds. The highest BCUT2D eigenvalue weighted by Crippen LogP contribution is 2.34.